The molecule has 0 bridgehead atoms. The first-order valence-corrected chi connectivity index (χ1v) is 5.24. The summed E-state index contributed by atoms with van der Waals surface area (Å²) in [5, 5.41) is 0. The topological polar surface area (TPSA) is 23.6 Å². The van der Waals surface area contributed by atoms with Crippen LogP contribution < -0.4 is 0 Å². The Morgan fingerprint density at radius 2 is 2.08 bits per heavy atom. The summed E-state index contributed by atoms with van der Waals surface area (Å²) in [4.78, 5) is 16.3. The highest BCUT2D eigenvalue weighted by Crippen LogP contribution is 2.23. The Morgan fingerprint density at radius 3 is 2.77 bits per heavy atom. The predicted octanol–water partition coefficient (Wildman–Crippen LogP) is 0.701. The first-order chi connectivity index (χ1) is 6.20. The predicted molar refractivity (Wildman–Crippen MR) is 51.4 cm³/mol. The second-order valence-electron chi connectivity index (χ2n) is 4.32. The number of nitrogens with zero attached hydrogens (tertiary/aromatic N) is 2. The van der Waals surface area contributed by atoms with Crippen molar-refractivity contribution in [3.8, 4) is 0 Å². The summed E-state index contributed by atoms with van der Waals surface area (Å²) in [7, 11) is 0. The minimum Gasteiger partial charge on any atom is -0.338 e. The zero-order chi connectivity index (χ0) is 9.42. The van der Waals surface area contributed by atoms with Crippen molar-refractivity contribution in [2.45, 2.75) is 38.8 Å². The van der Waals surface area contributed by atoms with Crippen LogP contribution in [0.1, 0.15) is 26.7 Å². The fraction of sp³-hybridized carbons (Fsp3) is 0.900. The van der Waals surface area contributed by atoms with Crippen molar-refractivity contribution in [1.82, 2.24) is 9.80 Å². The molecule has 0 aromatic rings. The fourth-order valence-corrected chi connectivity index (χ4v) is 2.42. The SMILES string of the molecule is CC(C)N1CCN2CCCC2C1=O. The van der Waals surface area contributed by atoms with Crippen LogP contribution in [0.25, 0.3) is 0 Å². The molecule has 1 atom stereocenters. The second-order valence-corrected chi connectivity index (χ2v) is 4.32. The summed E-state index contributed by atoms with van der Waals surface area (Å²) in [6.45, 7) is 7.33. The van der Waals surface area contributed by atoms with Crippen LogP contribution in [0.2, 0.25) is 0 Å². The molecule has 0 aromatic carbocycles. The van der Waals surface area contributed by atoms with Crippen molar-refractivity contribution >= 4 is 5.91 Å². The van der Waals surface area contributed by atoms with Gasteiger partial charge in [0, 0.05) is 19.1 Å². The molecule has 0 N–H and O–H groups in total. The second kappa shape index (κ2) is 3.29. The largest absolute Gasteiger partial charge is 0.338 e. The summed E-state index contributed by atoms with van der Waals surface area (Å²) >= 11 is 0. The van der Waals surface area contributed by atoms with Gasteiger partial charge in [-0.3, -0.25) is 9.69 Å². The Bertz CT molecular complexity index is 211. The Morgan fingerprint density at radius 1 is 1.31 bits per heavy atom. The third-order valence-electron chi connectivity index (χ3n) is 3.18. The maximum atomic E-state index is 11.9. The number of amides is 1. The molecule has 0 radical (unpaired) electrons. The first kappa shape index (κ1) is 9.00. The standard InChI is InChI=1S/C10H18N2O/c1-8(2)12-7-6-11-5-3-4-9(11)10(12)13/h8-9H,3-7H2,1-2H3. The van der Waals surface area contributed by atoms with Crippen molar-refractivity contribution in [3.05, 3.63) is 0 Å². The van der Waals surface area contributed by atoms with E-state index in [0.717, 1.165) is 26.1 Å². The summed E-state index contributed by atoms with van der Waals surface area (Å²) in [5.74, 6) is 0.360. The number of piperazine rings is 1. The Hall–Kier alpha value is -0.570. The van der Waals surface area contributed by atoms with E-state index >= 15 is 0 Å². The number of carbonyl (C=O) groups excluding carboxylic acids is 1. The number of hydrogen-bond acceptors (Lipinski definition) is 2. The molecule has 3 heteroatoms. The lowest BCUT2D eigenvalue weighted by Crippen LogP contribution is -2.56. The van der Waals surface area contributed by atoms with Crippen molar-refractivity contribution in [3.63, 3.8) is 0 Å². The highest BCUT2D eigenvalue weighted by molar-refractivity contribution is 5.83. The lowest BCUT2D eigenvalue weighted by molar-refractivity contribution is -0.142. The molecule has 2 heterocycles. The van der Waals surface area contributed by atoms with Crippen LogP contribution in [-0.4, -0.2) is 47.4 Å². The van der Waals surface area contributed by atoms with Gasteiger partial charge >= 0.3 is 0 Å². The van der Waals surface area contributed by atoms with E-state index in [1.807, 2.05) is 4.90 Å². The summed E-state index contributed by atoms with van der Waals surface area (Å²) in [5.41, 5.74) is 0. The molecule has 13 heavy (non-hydrogen) atoms. The summed E-state index contributed by atoms with van der Waals surface area (Å²) < 4.78 is 0. The van der Waals surface area contributed by atoms with E-state index < -0.39 is 0 Å². The van der Waals surface area contributed by atoms with Crippen molar-refractivity contribution in [1.29, 1.82) is 0 Å². The van der Waals surface area contributed by atoms with Crippen LogP contribution in [0.15, 0.2) is 0 Å². The molecular weight excluding hydrogens is 164 g/mol. The molecule has 2 rings (SSSR count). The van der Waals surface area contributed by atoms with Crippen molar-refractivity contribution < 1.29 is 4.79 Å². The van der Waals surface area contributed by atoms with E-state index in [0.29, 0.717) is 11.9 Å². The van der Waals surface area contributed by atoms with Crippen LogP contribution in [0.4, 0.5) is 0 Å². The highest BCUT2D eigenvalue weighted by Gasteiger charge is 2.38. The fourth-order valence-electron chi connectivity index (χ4n) is 2.42. The maximum absolute atomic E-state index is 11.9. The Balaban J connectivity index is 2.09. The molecule has 0 saturated carbocycles. The normalized spacial score (nSPS) is 29.9. The molecule has 2 aliphatic heterocycles. The molecule has 2 saturated heterocycles. The summed E-state index contributed by atoms with van der Waals surface area (Å²) in [6.07, 6.45) is 2.27. The quantitative estimate of drug-likeness (QED) is 0.596. The van der Waals surface area contributed by atoms with Gasteiger partial charge in [0.1, 0.15) is 0 Å². The van der Waals surface area contributed by atoms with Crippen LogP contribution in [-0.2, 0) is 4.79 Å². The average molecular weight is 182 g/mol. The molecule has 0 aromatic heterocycles. The van der Waals surface area contributed by atoms with Crippen LogP contribution >= 0.6 is 0 Å². The first-order valence-electron chi connectivity index (χ1n) is 5.24. The molecule has 1 amide bonds. The minimum atomic E-state index is 0.219. The molecular formula is C10H18N2O. The Kier molecular flexibility index (Phi) is 2.28. The van der Waals surface area contributed by atoms with E-state index in [1.54, 1.807) is 0 Å². The van der Waals surface area contributed by atoms with E-state index in [9.17, 15) is 4.79 Å². The van der Waals surface area contributed by atoms with E-state index in [-0.39, 0.29) is 6.04 Å². The Labute approximate surface area is 79.7 Å². The molecule has 0 spiro atoms. The van der Waals surface area contributed by atoms with Gasteiger partial charge in [0.25, 0.3) is 0 Å². The third kappa shape index (κ3) is 1.46. The van der Waals surface area contributed by atoms with E-state index in [1.165, 1.54) is 6.42 Å². The van der Waals surface area contributed by atoms with Crippen molar-refractivity contribution in [2.75, 3.05) is 19.6 Å². The molecule has 74 valence electrons. The number of rotatable bonds is 1. The lowest BCUT2D eigenvalue weighted by Gasteiger charge is -2.39. The number of carbonyl (C=O) groups is 1. The van der Waals surface area contributed by atoms with Gasteiger partial charge in [-0.1, -0.05) is 0 Å². The highest BCUT2D eigenvalue weighted by atomic mass is 16.2. The molecule has 3 nitrogen and oxygen atoms in total. The van der Waals surface area contributed by atoms with Gasteiger partial charge in [-0.2, -0.15) is 0 Å². The van der Waals surface area contributed by atoms with Gasteiger partial charge < -0.3 is 4.90 Å². The number of fused-ring (bicyclic) bond motifs is 1. The zero-order valence-electron chi connectivity index (χ0n) is 8.49. The van der Waals surface area contributed by atoms with Gasteiger partial charge in [-0.15, -0.1) is 0 Å². The molecule has 1 unspecified atom stereocenters. The lowest BCUT2D eigenvalue weighted by atomic mass is 10.1. The van der Waals surface area contributed by atoms with E-state index in [4.69, 9.17) is 0 Å². The van der Waals surface area contributed by atoms with Crippen molar-refractivity contribution in [2.24, 2.45) is 0 Å². The van der Waals surface area contributed by atoms with Gasteiger partial charge in [0.15, 0.2) is 0 Å². The molecule has 0 aliphatic carbocycles. The smallest absolute Gasteiger partial charge is 0.240 e. The van der Waals surface area contributed by atoms with E-state index in [2.05, 4.69) is 18.7 Å². The van der Waals surface area contributed by atoms with Gasteiger partial charge in [0.2, 0.25) is 5.91 Å². The van der Waals surface area contributed by atoms with Gasteiger partial charge in [-0.05, 0) is 33.2 Å². The summed E-state index contributed by atoms with van der Waals surface area (Å²) in [6, 6.07) is 0.589. The monoisotopic (exact) mass is 182 g/mol. The minimum absolute atomic E-state index is 0.219. The zero-order valence-corrected chi connectivity index (χ0v) is 8.49. The molecule has 2 aliphatic rings. The van der Waals surface area contributed by atoms with Crippen LogP contribution in [0.5, 0.6) is 0 Å². The number of hydrogen-bond donors (Lipinski definition) is 0. The van der Waals surface area contributed by atoms with Crippen LogP contribution in [0, 0.1) is 0 Å². The average Bonchev–Trinajstić information content (AvgIpc) is 2.52. The third-order valence-corrected chi connectivity index (χ3v) is 3.18. The van der Waals surface area contributed by atoms with Gasteiger partial charge in [0.05, 0.1) is 6.04 Å². The van der Waals surface area contributed by atoms with Crippen LogP contribution in [0.3, 0.4) is 0 Å². The van der Waals surface area contributed by atoms with Gasteiger partial charge in [-0.25, -0.2) is 0 Å². The maximum Gasteiger partial charge on any atom is 0.240 e. The molecule has 2 fully saturated rings.